The number of ketones is 1. The third-order valence-corrected chi connectivity index (χ3v) is 7.08. The van der Waals surface area contributed by atoms with E-state index in [1.807, 2.05) is 17.6 Å². The monoisotopic (exact) mass is 478 g/mol. The highest BCUT2D eigenvalue weighted by Crippen LogP contribution is 2.19. The molecule has 0 spiro atoms. The number of carbonyl (C=O) groups excluding carboxylic acids is 2. The number of furan rings is 1. The molecule has 3 rings (SSSR count). The van der Waals surface area contributed by atoms with Gasteiger partial charge >= 0.3 is 5.97 Å². The van der Waals surface area contributed by atoms with Crippen molar-refractivity contribution in [2.45, 2.75) is 25.3 Å². The van der Waals surface area contributed by atoms with E-state index in [0.717, 1.165) is 21.5 Å². The van der Waals surface area contributed by atoms with Crippen molar-refractivity contribution >= 4 is 33.4 Å². The zero-order valence-electron chi connectivity index (χ0n) is 17.9. The van der Waals surface area contributed by atoms with Crippen molar-refractivity contribution in [3.63, 3.8) is 0 Å². The van der Waals surface area contributed by atoms with Crippen LogP contribution in [0.15, 0.2) is 58.0 Å². The van der Waals surface area contributed by atoms with E-state index in [2.05, 4.69) is 0 Å². The number of hydrogen-bond donors (Lipinski definition) is 0. The standard InChI is InChI=1S/C22H23ClN2O6S/c1-15-11-20(16(2)25(15)12-18-5-4-10-30-18)21(26)14-31-22(27)13-24(3)32(28,29)19-8-6-17(23)7-9-19/h4-11H,12-14H2,1-3H3. The van der Waals surface area contributed by atoms with E-state index in [4.69, 9.17) is 20.8 Å². The Morgan fingerprint density at radius 1 is 1.16 bits per heavy atom. The number of Topliss-reactive ketones (excluding diaryl/α,β-unsaturated/α-hetero) is 1. The first-order valence-corrected chi connectivity index (χ1v) is 11.5. The summed E-state index contributed by atoms with van der Waals surface area (Å²) >= 11 is 5.78. The van der Waals surface area contributed by atoms with Crippen molar-refractivity contribution in [2.75, 3.05) is 20.2 Å². The number of nitrogens with zero attached hydrogens (tertiary/aromatic N) is 2. The first-order valence-electron chi connectivity index (χ1n) is 9.69. The van der Waals surface area contributed by atoms with Gasteiger partial charge < -0.3 is 13.7 Å². The molecule has 0 N–H and O–H groups in total. The highest BCUT2D eigenvalue weighted by Gasteiger charge is 2.24. The number of esters is 1. The normalized spacial score (nSPS) is 11.7. The van der Waals surface area contributed by atoms with E-state index in [1.54, 1.807) is 25.3 Å². The van der Waals surface area contributed by atoms with E-state index in [1.165, 1.54) is 31.3 Å². The van der Waals surface area contributed by atoms with Crippen LogP contribution in [0, 0.1) is 13.8 Å². The van der Waals surface area contributed by atoms with Crippen molar-refractivity contribution < 1.29 is 27.2 Å². The molecule has 0 amide bonds. The number of aryl methyl sites for hydroxylation is 1. The second-order valence-electron chi connectivity index (χ2n) is 7.25. The molecule has 2 aromatic heterocycles. The van der Waals surface area contributed by atoms with Crippen LogP contribution in [0.3, 0.4) is 0 Å². The first kappa shape index (κ1) is 23.8. The van der Waals surface area contributed by atoms with E-state index >= 15 is 0 Å². The molecule has 0 aliphatic rings. The fourth-order valence-electron chi connectivity index (χ4n) is 3.21. The van der Waals surface area contributed by atoms with E-state index < -0.39 is 29.1 Å². The number of rotatable bonds is 9. The maximum atomic E-state index is 12.6. The number of aromatic nitrogens is 1. The molecule has 10 heteroatoms. The lowest BCUT2D eigenvalue weighted by molar-refractivity contribution is -0.142. The summed E-state index contributed by atoms with van der Waals surface area (Å²) in [6.45, 7) is 3.13. The number of halogens is 1. The summed E-state index contributed by atoms with van der Waals surface area (Å²) in [7, 11) is -2.64. The Morgan fingerprint density at radius 2 is 1.84 bits per heavy atom. The van der Waals surface area contributed by atoms with Crippen molar-refractivity contribution in [2.24, 2.45) is 0 Å². The van der Waals surface area contributed by atoms with E-state index in [9.17, 15) is 18.0 Å². The molecular formula is C22H23ClN2O6S. The molecule has 0 bridgehead atoms. The molecule has 0 aliphatic carbocycles. The smallest absolute Gasteiger partial charge is 0.321 e. The van der Waals surface area contributed by atoms with Crippen LogP contribution in [-0.4, -0.2) is 49.2 Å². The number of likely N-dealkylation sites (N-methyl/N-ethyl adjacent to an activating group) is 1. The maximum absolute atomic E-state index is 12.6. The molecule has 0 saturated heterocycles. The van der Waals surface area contributed by atoms with Crippen LogP contribution in [0.25, 0.3) is 0 Å². The molecular weight excluding hydrogens is 456 g/mol. The minimum atomic E-state index is -3.90. The Morgan fingerprint density at radius 3 is 2.47 bits per heavy atom. The lowest BCUT2D eigenvalue weighted by atomic mass is 10.1. The number of carbonyl (C=O) groups is 2. The van der Waals surface area contributed by atoms with Gasteiger partial charge in [-0.2, -0.15) is 4.31 Å². The molecule has 0 fully saturated rings. The molecule has 0 radical (unpaired) electrons. The van der Waals surface area contributed by atoms with Gasteiger partial charge in [-0.25, -0.2) is 8.42 Å². The molecule has 2 heterocycles. The van der Waals surface area contributed by atoms with Gasteiger partial charge in [-0.05, 0) is 56.3 Å². The van der Waals surface area contributed by atoms with Crippen LogP contribution >= 0.6 is 11.6 Å². The fraction of sp³-hybridized carbons (Fsp3) is 0.273. The summed E-state index contributed by atoms with van der Waals surface area (Å²) in [5.74, 6) is -0.453. The van der Waals surface area contributed by atoms with Gasteiger partial charge in [0.15, 0.2) is 6.61 Å². The fourth-order valence-corrected chi connectivity index (χ4v) is 4.45. The number of hydrogen-bond acceptors (Lipinski definition) is 6. The highest BCUT2D eigenvalue weighted by atomic mass is 35.5. The number of sulfonamides is 1. The largest absolute Gasteiger partial charge is 0.467 e. The Balaban J connectivity index is 1.60. The SMILES string of the molecule is Cc1cc(C(=O)COC(=O)CN(C)S(=O)(=O)c2ccc(Cl)cc2)c(C)n1Cc1ccco1. The molecule has 1 aromatic carbocycles. The summed E-state index contributed by atoms with van der Waals surface area (Å²) in [4.78, 5) is 24.8. The molecule has 3 aromatic rings. The third kappa shape index (κ3) is 5.29. The summed E-state index contributed by atoms with van der Waals surface area (Å²) < 4.78 is 38.3. The molecule has 170 valence electrons. The van der Waals surface area contributed by atoms with Crippen molar-refractivity contribution in [3.8, 4) is 0 Å². The predicted molar refractivity (Wildman–Crippen MR) is 118 cm³/mol. The lowest BCUT2D eigenvalue weighted by Gasteiger charge is -2.16. The topological polar surface area (TPSA) is 98.8 Å². The van der Waals surface area contributed by atoms with Crippen LogP contribution in [0.2, 0.25) is 5.02 Å². The van der Waals surface area contributed by atoms with Gasteiger partial charge in [-0.3, -0.25) is 9.59 Å². The van der Waals surface area contributed by atoms with Gasteiger partial charge in [-0.1, -0.05) is 11.6 Å². The van der Waals surface area contributed by atoms with Crippen LogP contribution in [0.4, 0.5) is 0 Å². The summed E-state index contributed by atoms with van der Waals surface area (Å²) in [6.07, 6.45) is 1.58. The van der Waals surface area contributed by atoms with E-state index in [0.29, 0.717) is 17.1 Å². The minimum absolute atomic E-state index is 0.00252. The van der Waals surface area contributed by atoms with Gasteiger partial charge in [0.05, 0.1) is 17.7 Å². The van der Waals surface area contributed by atoms with Crippen LogP contribution in [-0.2, 0) is 26.1 Å². The van der Waals surface area contributed by atoms with Crippen molar-refractivity contribution in [3.05, 3.63) is 76.5 Å². The number of ether oxygens (including phenoxy) is 1. The number of benzene rings is 1. The van der Waals surface area contributed by atoms with Crippen LogP contribution in [0.5, 0.6) is 0 Å². The molecule has 32 heavy (non-hydrogen) atoms. The second-order valence-corrected chi connectivity index (χ2v) is 9.73. The second kappa shape index (κ2) is 9.72. The molecule has 0 unspecified atom stereocenters. The Hall–Kier alpha value is -2.88. The van der Waals surface area contributed by atoms with Gasteiger partial charge in [-0.15, -0.1) is 0 Å². The van der Waals surface area contributed by atoms with Crippen LogP contribution in [0.1, 0.15) is 27.5 Å². The quantitative estimate of drug-likeness (QED) is 0.345. The maximum Gasteiger partial charge on any atom is 0.321 e. The lowest BCUT2D eigenvalue weighted by Crippen LogP contribution is -2.33. The zero-order chi connectivity index (χ0) is 23.5. The average Bonchev–Trinajstić information content (AvgIpc) is 3.36. The highest BCUT2D eigenvalue weighted by molar-refractivity contribution is 7.89. The zero-order valence-corrected chi connectivity index (χ0v) is 19.4. The summed E-state index contributed by atoms with van der Waals surface area (Å²) in [6, 6.07) is 11.0. The van der Waals surface area contributed by atoms with Gasteiger partial charge in [0.25, 0.3) is 0 Å². The minimum Gasteiger partial charge on any atom is -0.467 e. The Kier molecular flexibility index (Phi) is 7.22. The van der Waals surface area contributed by atoms with E-state index in [-0.39, 0.29) is 10.7 Å². The van der Waals surface area contributed by atoms with Crippen molar-refractivity contribution in [1.29, 1.82) is 0 Å². The average molecular weight is 479 g/mol. The Labute approximate surface area is 191 Å². The first-order chi connectivity index (χ1) is 15.1. The predicted octanol–water partition coefficient (Wildman–Crippen LogP) is 3.45. The molecule has 0 atom stereocenters. The molecule has 0 aliphatic heterocycles. The Bertz CT molecular complexity index is 1210. The molecule has 0 saturated carbocycles. The van der Waals surface area contributed by atoms with Gasteiger partial charge in [0.1, 0.15) is 12.3 Å². The van der Waals surface area contributed by atoms with Crippen LogP contribution < -0.4 is 0 Å². The van der Waals surface area contributed by atoms with Gasteiger partial charge in [0.2, 0.25) is 15.8 Å². The summed E-state index contributed by atoms with van der Waals surface area (Å²) in [5, 5.41) is 0.396. The van der Waals surface area contributed by atoms with Gasteiger partial charge in [0, 0.05) is 29.0 Å². The molecule has 8 nitrogen and oxygen atoms in total. The summed E-state index contributed by atoms with van der Waals surface area (Å²) in [5.41, 5.74) is 2.02. The van der Waals surface area contributed by atoms with Crippen molar-refractivity contribution in [1.82, 2.24) is 8.87 Å². The third-order valence-electron chi connectivity index (χ3n) is 5.01.